The molecule has 2 aliphatic carbocycles. The van der Waals surface area contributed by atoms with Gasteiger partial charge in [-0.1, -0.05) is 6.58 Å². The van der Waals surface area contributed by atoms with Crippen LogP contribution in [0.5, 0.6) is 0 Å². The van der Waals surface area contributed by atoms with Gasteiger partial charge in [0.2, 0.25) is 5.60 Å². The van der Waals surface area contributed by atoms with Gasteiger partial charge in [0.15, 0.2) is 0 Å². The van der Waals surface area contributed by atoms with Crippen molar-refractivity contribution in [3.8, 4) is 6.07 Å². The molecule has 3 atom stereocenters. The number of hydrogen-bond donors (Lipinski definition) is 0. The maximum absolute atomic E-state index is 11.5. The van der Waals surface area contributed by atoms with Crippen molar-refractivity contribution >= 4 is 5.97 Å². The molecule has 0 radical (unpaired) electrons. The SMILES string of the molecule is C=C(C)C(=O)OC1(C#N)CC2CCC1C2. The summed E-state index contributed by atoms with van der Waals surface area (Å²) in [6, 6.07) is 2.21. The fourth-order valence-electron chi connectivity index (χ4n) is 2.82. The highest BCUT2D eigenvalue weighted by atomic mass is 16.6. The lowest BCUT2D eigenvalue weighted by Crippen LogP contribution is -2.39. The van der Waals surface area contributed by atoms with Gasteiger partial charge in [0.25, 0.3) is 0 Å². The average Bonchev–Trinajstić information content (AvgIpc) is 2.77. The molecule has 0 aromatic carbocycles. The van der Waals surface area contributed by atoms with Gasteiger partial charge in [-0.15, -0.1) is 0 Å². The van der Waals surface area contributed by atoms with Crippen molar-refractivity contribution in [1.29, 1.82) is 5.26 Å². The molecule has 0 N–H and O–H groups in total. The zero-order valence-electron chi connectivity index (χ0n) is 8.95. The Morgan fingerprint density at radius 3 is 2.73 bits per heavy atom. The van der Waals surface area contributed by atoms with Crippen LogP contribution >= 0.6 is 0 Å². The lowest BCUT2D eigenvalue weighted by molar-refractivity contribution is -0.153. The van der Waals surface area contributed by atoms with Crippen LogP contribution in [0.2, 0.25) is 0 Å². The first-order chi connectivity index (χ1) is 7.07. The van der Waals surface area contributed by atoms with E-state index >= 15 is 0 Å². The summed E-state index contributed by atoms with van der Waals surface area (Å²) in [6.45, 7) is 5.15. The van der Waals surface area contributed by atoms with Gasteiger partial charge in [-0.3, -0.25) is 0 Å². The minimum Gasteiger partial charge on any atom is -0.440 e. The van der Waals surface area contributed by atoms with Crippen LogP contribution in [0.25, 0.3) is 0 Å². The van der Waals surface area contributed by atoms with Crippen molar-refractivity contribution in [3.63, 3.8) is 0 Å². The quantitative estimate of drug-likeness (QED) is 0.513. The largest absolute Gasteiger partial charge is 0.440 e. The number of carbonyl (C=O) groups is 1. The highest BCUT2D eigenvalue weighted by Crippen LogP contribution is 2.52. The zero-order chi connectivity index (χ0) is 11.1. The lowest BCUT2D eigenvalue weighted by Gasteiger charge is -2.30. The van der Waals surface area contributed by atoms with E-state index in [-0.39, 0.29) is 5.92 Å². The zero-order valence-corrected chi connectivity index (χ0v) is 8.95. The predicted molar refractivity (Wildman–Crippen MR) is 54.7 cm³/mol. The third-order valence-electron chi connectivity index (χ3n) is 3.61. The van der Waals surface area contributed by atoms with Gasteiger partial charge in [0.05, 0.1) is 0 Å². The summed E-state index contributed by atoms with van der Waals surface area (Å²) in [5.74, 6) is 0.396. The Bertz CT molecular complexity index is 355. The van der Waals surface area contributed by atoms with Gasteiger partial charge < -0.3 is 4.74 Å². The van der Waals surface area contributed by atoms with E-state index in [2.05, 4.69) is 12.6 Å². The van der Waals surface area contributed by atoms with Crippen LogP contribution in [0.15, 0.2) is 12.2 Å². The number of nitrogens with zero attached hydrogens (tertiary/aromatic N) is 1. The minimum atomic E-state index is -0.848. The van der Waals surface area contributed by atoms with Gasteiger partial charge in [-0.25, -0.2) is 4.79 Å². The van der Waals surface area contributed by atoms with Crippen molar-refractivity contribution in [2.45, 2.75) is 38.2 Å². The number of fused-ring (bicyclic) bond motifs is 2. The lowest BCUT2D eigenvalue weighted by atomic mass is 9.85. The molecule has 3 heteroatoms. The number of rotatable bonds is 2. The van der Waals surface area contributed by atoms with Gasteiger partial charge >= 0.3 is 5.97 Å². The molecule has 0 saturated heterocycles. The molecule has 0 aliphatic heterocycles. The Morgan fingerprint density at radius 1 is 1.60 bits per heavy atom. The van der Waals surface area contributed by atoms with E-state index in [9.17, 15) is 10.1 Å². The molecule has 2 rings (SSSR count). The Hall–Kier alpha value is -1.30. The number of carbonyl (C=O) groups excluding carboxylic acids is 1. The summed E-state index contributed by atoms with van der Waals surface area (Å²) in [5, 5.41) is 9.21. The predicted octanol–water partition coefficient (Wildman–Crippen LogP) is 2.19. The average molecular weight is 205 g/mol. The topological polar surface area (TPSA) is 50.1 Å². The summed E-state index contributed by atoms with van der Waals surface area (Å²) in [6.07, 6.45) is 3.95. The second kappa shape index (κ2) is 3.37. The molecule has 2 fully saturated rings. The van der Waals surface area contributed by atoms with Gasteiger partial charge in [-0.2, -0.15) is 5.26 Å². The van der Waals surface area contributed by atoms with Gasteiger partial charge in [-0.05, 0) is 32.1 Å². The van der Waals surface area contributed by atoms with Crippen LogP contribution in [0.1, 0.15) is 32.6 Å². The molecule has 2 bridgehead atoms. The van der Waals surface area contributed by atoms with Crippen molar-refractivity contribution in [2.75, 3.05) is 0 Å². The molecule has 2 saturated carbocycles. The highest BCUT2D eigenvalue weighted by molar-refractivity contribution is 5.87. The first kappa shape index (κ1) is 10.2. The van der Waals surface area contributed by atoms with Crippen molar-refractivity contribution < 1.29 is 9.53 Å². The number of hydrogen-bond acceptors (Lipinski definition) is 3. The fourth-order valence-corrected chi connectivity index (χ4v) is 2.82. The first-order valence-electron chi connectivity index (χ1n) is 5.37. The summed E-state index contributed by atoms with van der Waals surface area (Å²) in [5.41, 5.74) is -0.480. The second-order valence-corrected chi connectivity index (χ2v) is 4.75. The molecule has 0 aromatic heterocycles. The van der Waals surface area contributed by atoms with E-state index in [1.165, 1.54) is 6.42 Å². The van der Waals surface area contributed by atoms with Crippen LogP contribution < -0.4 is 0 Å². The second-order valence-electron chi connectivity index (χ2n) is 4.75. The van der Waals surface area contributed by atoms with Gasteiger partial charge in [0.1, 0.15) is 6.07 Å². The molecular formula is C12H15NO2. The van der Waals surface area contributed by atoms with Crippen molar-refractivity contribution in [1.82, 2.24) is 0 Å². The van der Waals surface area contributed by atoms with E-state index in [1.54, 1.807) is 6.92 Å². The molecular weight excluding hydrogens is 190 g/mol. The van der Waals surface area contributed by atoms with Crippen LogP contribution in [0.4, 0.5) is 0 Å². The molecule has 3 nitrogen and oxygen atoms in total. The molecule has 0 heterocycles. The van der Waals surface area contributed by atoms with E-state index in [1.807, 2.05) is 0 Å². The summed E-state index contributed by atoms with van der Waals surface area (Å²) in [4.78, 5) is 11.5. The van der Waals surface area contributed by atoms with Crippen LogP contribution in [-0.4, -0.2) is 11.6 Å². The molecule has 0 aromatic rings. The number of ether oxygens (including phenoxy) is 1. The minimum absolute atomic E-state index is 0.246. The number of esters is 1. The monoisotopic (exact) mass is 205 g/mol. The van der Waals surface area contributed by atoms with Gasteiger partial charge in [0, 0.05) is 17.9 Å². The summed E-state index contributed by atoms with van der Waals surface area (Å²) >= 11 is 0. The maximum Gasteiger partial charge on any atom is 0.334 e. The normalized spacial score (nSPS) is 37.3. The molecule has 3 unspecified atom stereocenters. The summed E-state index contributed by atoms with van der Waals surface area (Å²) < 4.78 is 5.34. The maximum atomic E-state index is 11.5. The van der Waals surface area contributed by atoms with Crippen molar-refractivity contribution in [3.05, 3.63) is 12.2 Å². The van der Waals surface area contributed by atoms with E-state index in [4.69, 9.17) is 4.74 Å². The Kier molecular flexibility index (Phi) is 2.30. The molecule has 0 amide bonds. The molecule has 0 spiro atoms. The third-order valence-corrected chi connectivity index (χ3v) is 3.61. The first-order valence-corrected chi connectivity index (χ1v) is 5.37. The highest BCUT2D eigenvalue weighted by Gasteiger charge is 2.54. The van der Waals surface area contributed by atoms with E-state index in [0.29, 0.717) is 17.9 Å². The van der Waals surface area contributed by atoms with Crippen molar-refractivity contribution in [2.24, 2.45) is 11.8 Å². The fraction of sp³-hybridized carbons (Fsp3) is 0.667. The Labute approximate surface area is 89.7 Å². The van der Waals surface area contributed by atoms with E-state index < -0.39 is 11.6 Å². The number of nitriles is 1. The molecule has 80 valence electrons. The summed E-state index contributed by atoms with van der Waals surface area (Å²) in [7, 11) is 0. The molecule has 2 aliphatic rings. The Morgan fingerprint density at radius 2 is 2.33 bits per heavy atom. The molecule has 15 heavy (non-hydrogen) atoms. The Balaban J connectivity index is 2.15. The standard InChI is InChI=1S/C12H15NO2/c1-8(2)11(14)15-12(7-13)6-9-3-4-10(12)5-9/h9-10H,1,3-6H2,2H3. The smallest absolute Gasteiger partial charge is 0.334 e. The van der Waals surface area contributed by atoms with Crippen LogP contribution in [-0.2, 0) is 9.53 Å². The third kappa shape index (κ3) is 1.54. The van der Waals surface area contributed by atoms with Crippen LogP contribution in [0, 0.1) is 23.2 Å². The van der Waals surface area contributed by atoms with Crippen LogP contribution in [0.3, 0.4) is 0 Å². The van der Waals surface area contributed by atoms with E-state index in [0.717, 1.165) is 12.8 Å².